The van der Waals surface area contributed by atoms with E-state index < -0.39 is 5.60 Å². The molecule has 3 N–H and O–H groups in total. The Bertz CT molecular complexity index is 680. The number of fused-ring (bicyclic) bond motifs is 1. The van der Waals surface area contributed by atoms with E-state index in [1.54, 1.807) is 20.8 Å². The second-order valence-corrected chi connectivity index (χ2v) is 5.35. The van der Waals surface area contributed by atoms with E-state index in [2.05, 4.69) is 16.2 Å². The first kappa shape index (κ1) is 13.6. The highest BCUT2D eigenvalue weighted by Crippen LogP contribution is 2.36. The Hall–Kier alpha value is -1.84. The monoisotopic (exact) mass is 279 g/mol. The first-order valence-electron chi connectivity index (χ1n) is 5.72. The predicted molar refractivity (Wildman–Crippen MR) is 71.8 cm³/mol. The molecule has 2 aromatic rings. The zero-order chi connectivity index (χ0) is 14.4. The molecule has 2 rings (SSSR count). The van der Waals surface area contributed by atoms with Crippen molar-refractivity contribution in [1.82, 2.24) is 14.6 Å². The van der Waals surface area contributed by atoms with Gasteiger partial charge in [0.25, 0.3) is 0 Å². The van der Waals surface area contributed by atoms with Gasteiger partial charge in [0.15, 0.2) is 0 Å². The van der Waals surface area contributed by atoms with E-state index in [1.165, 1.54) is 10.7 Å². The molecule has 0 aliphatic rings. The molecule has 0 spiro atoms. The molecule has 0 bridgehead atoms. The third-order valence-corrected chi connectivity index (χ3v) is 3.64. The molecule has 0 saturated carbocycles. The molecule has 2 aromatic heterocycles. The summed E-state index contributed by atoms with van der Waals surface area (Å²) in [5.41, 5.74) is 5.86. The highest BCUT2D eigenvalue weighted by atomic mass is 35.5. The number of hydrogen-bond acceptors (Lipinski definition) is 5. The standard InChI is InChI=1S/C12H14ClN5O/c1-6(12(2,3)19)10-7(4-14)9(13)8-5-16-11(15)17-18(8)10/h5-6,19H,1-3H3,(H2,15,17). The van der Waals surface area contributed by atoms with Crippen molar-refractivity contribution in [3.63, 3.8) is 0 Å². The summed E-state index contributed by atoms with van der Waals surface area (Å²) in [6.45, 7) is 5.13. The van der Waals surface area contributed by atoms with Crippen LogP contribution in [-0.2, 0) is 0 Å². The number of nitrogens with two attached hydrogens (primary N) is 1. The number of halogens is 1. The van der Waals surface area contributed by atoms with Crippen molar-refractivity contribution in [3.8, 4) is 6.07 Å². The summed E-state index contributed by atoms with van der Waals surface area (Å²) in [5.74, 6) is -0.274. The van der Waals surface area contributed by atoms with Gasteiger partial charge in [0.05, 0.1) is 28.1 Å². The van der Waals surface area contributed by atoms with E-state index in [9.17, 15) is 10.4 Å². The van der Waals surface area contributed by atoms with Crippen LogP contribution in [0.1, 0.15) is 37.9 Å². The Morgan fingerprint density at radius 2 is 2.21 bits per heavy atom. The number of aliphatic hydroxyl groups is 1. The maximum absolute atomic E-state index is 10.2. The molecule has 100 valence electrons. The maximum atomic E-state index is 10.2. The van der Waals surface area contributed by atoms with Gasteiger partial charge >= 0.3 is 0 Å². The molecule has 1 atom stereocenters. The zero-order valence-corrected chi connectivity index (χ0v) is 11.6. The minimum absolute atomic E-state index is 0.0767. The lowest BCUT2D eigenvalue weighted by molar-refractivity contribution is 0.0539. The molecule has 6 nitrogen and oxygen atoms in total. The average molecular weight is 280 g/mol. The van der Waals surface area contributed by atoms with Gasteiger partial charge in [0.1, 0.15) is 11.6 Å². The van der Waals surface area contributed by atoms with Crippen LogP contribution in [0, 0.1) is 11.3 Å². The van der Waals surface area contributed by atoms with Crippen LogP contribution in [0.5, 0.6) is 0 Å². The molecular formula is C12H14ClN5O. The summed E-state index contributed by atoms with van der Waals surface area (Å²) in [4.78, 5) is 3.87. The summed E-state index contributed by atoms with van der Waals surface area (Å²) in [6, 6.07) is 2.05. The van der Waals surface area contributed by atoms with Gasteiger partial charge in [0.2, 0.25) is 5.95 Å². The second-order valence-electron chi connectivity index (χ2n) is 4.97. The number of hydrogen-bond donors (Lipinski definition) is 2. The Balaban J connectivity index is 2.85. The topological polar surface area (TPSA) is 100 Å². The van der Waals surface area contributed by atoms with Gasteiger partial charge in [-0.05, 0) is 13.8 Å². The minimum atomic E-state index is -1.02. The zero-order valence-electron chi connectivity index (χ0n) is 10.8. The fraction of sp³-hybridized carbons (Fsp3) is 0.417. The summed E-state index contributed by atoms with van der Waals surface area (Å²) in [5, 5.41) is 23.8. The molecule has 0 saturated heterocycles. The van der Waals surface area contributed by atoms with Crippen molar-refractivity contribution < 1.29 is 5.11 Å². The normalized spacial score (nSPS) is 13.5. The molecule has 1 unspecified atom stereocenters. The van der Waals surface area contributed by atoms with Crippen molar-refractivity contribution in [2.75, 3.05) is 5.73 Å². The fourth-order valence-electron chi connectivity index (χ4n) is 1.88. The number of aromatic nitrogens is 3. The van der Waals surface area contributed by atoms with Crippen LogP contribution in [0.3, 0.4) is 0 Å². The molecule has 2 heterocycles. The molecule has 0 aliphatic heterocycles. The number of anilines is 1. The number of rotatable bonds is 2. The van der Waals surface area contributed by atoms with Crippen molar-refractivity contribution >= 4 is 23.1 Å². The van der Waals surface area contributed by atoms with Gasteiger partial charge in [-0.3, -0.25) is 0 Å². The van der Waals surface area contributed by atoms with E-state index in [0.717, 1.165) is 0 Å². The van der Waals surface area contributed by atoms with E-state index in [1.807, 2.05) is 0 Å². The number of nitriles is 1. The van der Waals surface area contributed by atoms with Gasteiger partial charge in [0, 0.05) is 5.92 Å². The van der Waals surface area contributed by atoms with Gasteiger partial charge in [-0.2, -0.15) is 5.26 Å². The minimum Gasteiger partial charge on any atom is -0.390 e. The van der Waals surface area contributed by atoms with Crippen LogP contribution >= 0.6 is 11.6 Å². The second kappa shape index (κ2) is 4.37. The maximum Gasteiger partial charge on any atom is 0.238 e. The van der Waals surface area contributed by atoms with Crippen molar-refractivity contribution in [2.24, 2.45) is 0 Å². The van der Waals surface area contributed by atoms with E-state index >= 15 is 0 Å². The third-order valence-electron chi connectivity index (χ3n) is 3.26. The lowest BCUT2D eigenvalue weighted by Crippen LogP contribution is -2.28. The van der Waals surface area contributed by atoms with Crippen LogP contribution < -0.4 is 5.73 Å². The first-order valence-corrected chi connectivity index (χ1v) is 6.10. The molecular weight excluding hydrogens is 266 g/mol. The average Bonchev–Trinajstić information content (AvgIpc) is 2.59. The lowest BCUT2D eigenvalue weighted by atomic mass is 9.88. The van der Waals surface area contributed by atoms with E-state index in [4.69, 9.17) is 17.3 Å². The van der Waals surface area contributed by atoms with Gasteiger partial charge in [-0.15, -0.1) is 5.10 Å². The van der Waals surface area contributed by atoms with Gasteiger partial charge in [-0.25, -0.2) is 9.50 Å². The quantitative estimate of drug-likeness (QED) is 0.871. The van der Waals surface area contributed by atoms with Crippen LogP contribution in [0.2, 0.25) is 5.02 Å². The van der Waals surface area contributed by atoms with Crippen LogP contribution in [0.4, 0.5) is 5.95 Å². The van der Waals surface area contributed by atoms with Crippen molar-refractivity contribution in [2.45, 2.75) is 32.3 Å². The predicted octanol–water partition coefficient (Wildman–Crippen LogP) is 1.71. The largest absolute Gasteiger partial charge is 0.390 e. The van der Waals surface area contributed by atoms with Crippen LogP contribution in [-0.4, -0.2) is 25.3 Å². The highest BCUT2D eigenvalue weighted by molar-refractivity contribution is 6.35. The summed E-state index contributed by atoms with van der Waals surface area (Å²) in [6.07, 6.45) is 1.46. The summed E-state index contributed by atoms with van der Waals surface area (Å²) in [7, 11) is 0. The SMILES string of the molecule is CC(c1c(C#N)c(Cl)c2cnc(N)nn12)C(C)(C)O. The molecule has 0 aliphatic carbocycles. The molecule has 7 heteroatoms. The van der Waals surface area contributed by atoms with Crippen molar-refractivity contribution in [1.29, 1.82) is 5.26 Å². The van der Waals surface area contributed by atoms with Gasteiger partial charge in [-0.1, -0.05) is 18.5 Å². The van der Waals surface area contributed by atoms with Crippen LogP contribution in [0.25, 0.3) is 5.52 Å². The van der Waals surface area contributed by atoms with E-state index in [-0.39, 0.29) is 22.5 Å². The number of nitrogen functional groups attached to an aromatic ring is 1. The highest BCUT2D eigenvalue weighted by Gasteiger charge is 2.31. The Labute approximate surface area is 115 Å². The molecule has 0 radical (unpaired) electrons. The first-order chi connectivity index (χ1) is 8.77. The molecule has 0 amide bonds. The smallest absolute Gasteiger partial charge is 0.238 e. The fourth-order valence-corrected chi connectivity index (χ4v) is 2.15. The lowest BCUT2D eigenvalue weighted by Gasteiger charge is -2.25. The van der Waals surface area contributed by atoms with Gasteiger partial charge < -0.3 is 10.8 Å². The summed E-state index contributed by atoms with van der Waals surface area (Å²) < 4.78 is 1.48. The Morgan fingerprint density at radius 1 is 1.58 bits per heavy atom. The number of nitrogens with zero attached hydrogens (tertiary/aromatic N) is 4. The van der Waals surface area contributed by atoms with Crippen molar-refractivity contribution in [3.05, 3.63) is 22.5 Å². The van der Waals surface area contributed by atoms with E-state index in [0.29, 0.717) is 11.2 Å². The van der Waals surface area contributed by atoms with Crippen LogP contribution in [0.15, 0.2) is 6.20 Å². The molecule has 0 fully saturated rings. The Kier molecular flexibility index (Phi) is 3.12. The molecule has 0 aromatic carbocycles. The Morgan fingerprint density at radius 3 is 2.74 bits per heavy atom. The summed E-state index contributed by atoms with van der Waals surface area (Å²) >= 11 is 6.16. The third kappa shape index (κ3) is 2.11. The molecule has 19 heavy (non-hydrogen) atoms.